The molecule has 96 valence electrons. The second-order valence-corrected chi connectivity index (χ2v) is 5.63. The molecule has 2 nitrogen and oxygen atoms in total. The average molecular weight is 356 g/mol. The molecule has 0 saturated carbocycles. The van der Waals surface area contributed by atoms with Crippen LogP contribution in [0.2, 0.25) is 10.0 Å². The highest BCUT2D eigenvalue weighted by Gasteiger charge is 2.03. The van der Waals surface area contributed by atoms with E-state index in [1.54, 1.807) is 12.1 Å². The molecule has 0 unspecified atom stereocenters. The Hall–Kier alpha value is -1.21. The summed E-state index contributed by atoms with van der Waals surface area (Å²) in [5.41, 5.74) is 2.26. The zero-order valence-corrected chi connectivity index (χ0v) is 12.9. The Balaban J connectivity index is 2.15. The van der Waals surface area contributed by atoms with E-state index in [4.69, 9.17) is 28.5 Å². The van der Waals surface area contributed by atoms with Crippen LogP contribution in [-0.2, 0) is 6.54 Å². The summed E-state index contributed by atoms with van der Waals surface area (Å²) in [5, 5.41) is 13.3. The number of hydrogen-bond donors (Lipinski definition) is 1. The topological polar surface area (TPSA) is 35.8 Å². The third-order valence-electron chi connectivity index (χ3n) is 2.58. The van der Waals surface area contributed by atoms with Gasteiger partial charge in [0.15, 0.2) is 0 Å². The maximum atomic E-state index is 8.92. The van der Waals surface area contributed by atoms with E-state index in [1.165, 1.54) is 0 Å². The van der Waals surface area contributed by atoms with Crippen molar-refractivity contribution >= 4 is 44.8 Å². The van der Waals surface area contributed by atoms with Gasteiger partial charge in [0, 0.05) is 21.7 Å². The number of anilines is 1. The summed E-state index contributed by atoms with van der Waals surface area (Å²) in [5.74, 6) is 0. The molecule has 2 aromatic carbocycles. The van der Waals surface area contributed by atoms with Gasteiger partial charge in [-0.3, -0.25) is 0 Å². The van der Waals surface area contributed by atoms with Crippen LogP contribution < -0.4 is 5.32 Å². The van der Waals surface area contributed by atoms with Gasteiger partial charge in [0.25, 0.3) is 0 Å². The highest BCUT2D eigenvalue weighted by Crippen LogP contribution is 2.23. The molecule has 0 aliphatic heterocycles. The van der Waals surface area contributed by atoms with Gasteiger partial charge in [0.1, 0.15) is 6.07 Å². The van der Waals surface area contributed by atoms with Crippen LogP contribution in [0.25, 0.3) is 0 Å². The zero-order valence-electron chi connectivity index (χ0n) is 9.75. The fraction of sp³-hybridized carbons (Fsp3) is 0.0714. The SMILES string of the molecule is N#Cc1cc(NCc2cc(Br)ccc2Cl)ccc1Cl. The molecule has 0 aliphatic carbocycles. The summed E-state index contributed by atoms with van der Waals surface area (Å²) >= 11 is 15.4. The lowest BCUT2D eigenvalue weighted by molar-refractivity contribution is 1.15. The molecule has 19 heavy (non-hydrogen) atoms. The molecular weight excluding hydrogens is 347 g/mol. The maximum absolute atomic E-state index is 8.92. The van der Waals surface area contributed by atoms with Crippen LogP contribution in [0.3, 0.4) is 0 Å². The first kappa shape index (κ1) is 14.2. The molecule has 0 aromatic heterocycles. The molecule has 0 amide bonds. The lowest BCUT2D eigenvalue weighted by atomic mass is 10.2. The Bertz CT molecular complexity index is 650. The number of halogens is 3. The Kier molecular flexibility index (Phi) is 4.71. The highest BCUT2D eigenvalue weighted by molar-refractivity contribution is 9.10. The molecule has 0 atom stereocenters. The van der Waals surface area contributed by atoms with E-state index in [0.29, 0.717) is 22.2 Å². The normalized spacial score (nSPS) is 10.0. The third kappa shape index (κ3) is 3.63. The molecular formula is C14H9BrCl2N2. The van der Waals surface area contributed by atoms with Crippen LogP contribution in [0.4, 0.5) is 5.69 Å². The molecule has 0 radical (unpaired) electrons. The van der Waals surface area contributed by atoms with E-state index in [-0.39, 0.29) is 0 Å². The first-order valence-electron chi connectivity index (χ1n) is 5.47. The lowest BCUT2D eigenvalue weighted by Gasteiger charge is -2.09. The second kappa shape index (κ2) is 6.29. The Labute approximate surface area is 130 Å². The quantitative estimate of drug-likeness (QED) is 0.817. The number of nitriles is 1. The second-order valence-electron chi connectivity index (χ2n) is 3.90. The van der Waals surface area contributed by atoms with Crippen LogP contribution in [0.5, 0.6) is 0 Å². The van der Waals surface area contributed by atoms with Gasteiger partial charge in [-0.25, -0.2) is 0 Å². The van der Waals surface area contributed by atoms with Crippen molar-refractivity contribution in [1.82, 2.24) is 0 Å². The number of nitrogens with zero attached hydrogens (tertiary/aromatic N) is 1. The van der Waals surface area contributed by atoms with Crippen molar-refractivity contribution in [3.05, 3.63) is 62.0 Å². The van der Waals surface area contributed by atoms with Gasteiger partial charge in [-0.2, -0.15) is 5.26 Å². The summed E-state index contributed by atoms with van der Waals surface area (Å²) in [4.78, 5) is 0. The molecule has 5 heteroatoms. The minimum atomic E-state index is 0.451. The first-order chi connectivity index (χ1) is 9.10. The van der Waals surface area contributed by atoms with E-state index in [1.807, 2.05) is 30.3 Å². The molecule has 1 N–H and O–H groups in total. The number of hydrogen-bond acceptors (Lipinski definition) is 2. The first-order valence-corrected chi connectivity index (χ1v) is 7.02. The molecule has 0 saturated heterocycles. The molecule has 0 bridgehead atoms. The largest absolute Gasteiger partial charge is 0.381 e. The third-order valence-corrected chi connectivity index (χ3v) is 3.77. The average Bonchev–Trinajstić information content (AvgIpc) is 2.41. The van der Waals surface area contributed by atoms with Gasteiger partial charge in [-0.05, 0) is 42.0 Å². The number of rotatable bonds is 3. The van der Waals surface area contributed by atoms with Gasteiger partial charge in [0.2, 0.25) is 0 Å². The smallest absolute Gasteiger partial charge is 0.101 e. The summed E-state index contributed by atoms with van der Waals surface area (Å²) in [7, 11) is 0. The van der Waals surface area contributed by atoms with Crippen LogP contribution in [0, 0.1) is 11.3 Å². The Morgan fingerprint density at radius 3 is 2.58 bits per heavy atom. The van der Waals surface area contributed by atoms with E-state index in [2.05, 4.69) is 21.2 Å². The van der Waals surface area contributed by atoms with Gasteiger partial charge < -0.3 is 5.32 Å². The van der Waals surface area contributed by atoms with Gasteiger partial charge >= 0.3 is 0 Å². The summed E-state index contributed by atoms with van der Waals surface area (Å²) in [6.07, 6.45) is 0. The van der Waals surface area contributed by atoms with E-state index < -0.39 is 0 Å². The molecule has 0 heterocycles. The predicted molar refractivity (Wildman–Crippen MR) is 82.6 cm³/mol. The van der Waals surface area contributed by atoms with E-state index in [9.17, 15) is 0 Å². The van der Waals surface area contributed by atoms with Gasteiger partial charge in [-0.15, -0.1) is 0 Å². The van der Waals surface area contributed by atoms with Crippen LogP contribution >= 0.6 is 39.1 Å². The van der Waals surface area contributed by atoms with E-state index >= 15 is 0 Å². The Morgan fingerprint density at radius 1 is 1.11 bits per heavy atom. The summed E-state index contributed by atoms with van der Waals surface area (Å²) < 4.78 is 0.975. The highest BCUT2D eigenvalue weighted by atomic mass is 79.9. The molecule has 0 spiro atoms. The zero-order chi connectivity index (χ0) is 13.8. The van der Waals surface area contributed by atoms with Crippen molar-refractivity contribution < 1.29 is 0 Å². The molecule has 2 rings (SSSR count). The van der Waals surface area contributed by atoms with Crippen molar-refractivity contribution in [2.24, 2.45) is 0 Å². The van der Waals surface area contributed by atoms with Crippen LogP contribution in [0.1, 0.15) is 11.1 Å². The lowest BCUT2D eigenvalue weighted by Crippen LogP contribution is -2.00. The van der Waals surface area contributed by atoms with Crippen molar-refractivity contribution in [2.45, 2.75) is 6.54 Å². The predicted octanol–water partition coefficient (Wildman–Crippen LogP) is 5.24. The monoisotopic (exact) mass is 354 g/mol. The molecule has 0 fully saturated rings. The minimum Gasteiger partial charge on any atom is -0.381 e. The fourth-order valence-corrected chi connectivity index (χ4v) is 2.35. The van der Waals surface area contributed by atoms with Crippen LogP contribution in [-0.4, -0.2) is 0 Å². The standard InChI is InChI=1S/C14H9BrCl2N2/c15-11-1-3-14(17)10(5-11)8-19-12-2-4-13(16)9(6-12)7-18/h1-6,19H,8H2. The fourth-order valence-electron chi connectivity index (χ4n) is 1.60. The number of nitrogens with one attached hydrogen (secondary N) is 1. The van der Waals surface area contributed by atoms with Crippen molar-refractivity contribution in [3.8, 4) is 6.07 Å². The molecule has 2 aromatic rings. The van der Waals surface area contributed by atoms with Crippen molar-refractivity contribution in [2.75, 3.05) is 5.32 Å². The van der Waals surface area contributed by atoms with Crippen molar-refractivity contribution in [1.29, 1.82) is 5.26 Å². The summed E-state index contributed by atoms with van der Waals surface area (Å²) in [6, 6.07) is 13.0. The molecule has 0 aliphatic rings. The van der Waals surface area contributed by atoms with Gasteiger partial charge in [0.05, 0.1) is 10.6 Å². The number of benzene rings is 2. The summed E-state index contributed by atoms with van der Waals surface area (Å²) in [6.45, 7) is 0.574. The van der Waals surface area contributed by atoms with Crippen LogP contribution in [0.15, 0.2) is 40.9 Å². The van der Waals surface area contributed by atoms with Gasteiger partial charge in [-0.1, -0.05) is 39.1 Å². The Morgan fingerprint density at radius 2 is 1.84 bits per heavy atom. The minimum absolute atomic E-state index is 0.451. The maximum Gasteiger partial charge on any atom is 0.101 e. The van der Waals surface area contributed by atoms with E-state index in [0.717, 1.165) is 15.7 Å². The van der Waals surface area contributed by atoms with Crippen molar-refractivity contribution in [3.63, 3.8) is 0 Å².